The van der Waals surface area contributed by atoms with Gasteiger partial charge in [-0.3, -0.25) is 9.59 Å². The number of rotatable bonds is 12. The highest BCUT2D eigenvalue weighted by atomic mass is 16.5. The molecule has 4 bridgehead atoms. The van der Waals surface area contributed by atoms with Crippen LogP contribution in [0, 0.1) is 35.5 Å². The standard InChI is InChI=1S/C56H73N9O6/c1-31(2)48(61-54(68)70-5)52(66)63-21-7-9-46(63)50-57-40-17-11-36(26-42(40)59-50)44-19-20-45(65(44)39-15-13-38(14-16-39)56-28-33-23-34(29-56)25-35(24-33)30-56)37-12-18-41-43(27-37)60-51(58-41)47-10-8-22-64(47)53(67)49(32(3)4)62-55(69)71-6/h11,13-18,26-27,31-35,37,44-49H,7-10,12,19-25,28-30H2,1-6H3,(H,57,59)(H,58,60)(H,61,68)(H,62,69)/t33?,34?,35?,37?,44-,45?,46+,47+,48+,49+,56?/m1/s1. The molecular formula is C56H73N9O6. The molecule has 378 valence electrons. The SMILES string of the molecule is COC(=O)N[C@H](C(=O)N1CCC[C@H]1c1nc2c([nH]1)=CC(C1CC[C@H](c3ccc4[nH]c([C@@H]5CCCN5C(=O)[C@@H](NC(=O)OC)C(C)C)nc4c3)N1c1ccc(C34CC5CC(CC(C5)C3)C4)cc1)CC=2)C(C)C. The minimum Gasteiger partial charge on any atom is -0.453 e. The van der Waals surface area contributed by atoms with Gasteiger partial charge in [0.25, 0.3) is 0 Å². The summed E-state index contributed by atoms with van der Waals surface area (Å²) >= 11 is 0. The Morgan fingerprint density at radius 3 is 1.85 bits per heavy atom. The van der Waals surface area contributed by atoms with Crippen LogP contribution in [0.1, 0.15) is 152 Å². The van der Waals surface area contributed by atoms with E-state index in [0.29, 0.717) is 18.5 Å². The average molecular weight is 968 g/mol. The average Bonchev–Trinajstić information content (AvgIpc) is 4.22. The van der Waals surface area contributed by atoms with Gasteiger partial charge in [0.15, 0.2) is 0 Å². The highest BCUT2D eigenvalue weighted by Crippen LogP contribution is 2.61. The van der Waals surface area contributed by atoms with Crippen LogP contribution < -0.4 is 26.2 Å². The number of methoxy groups -OCH3 is 2. The largest absolute Gasteiger partial charge is 0.453 e. The summed E-state index contributed by atoms with van der Waals surface area (Å²) in [4.78, 5) is 76.6. The summed E-state index contributed by atoms with van der Waals surface area (Å²) in [5.74, 6) is 3.98. The van der Waals surface area contributed by atoms with Crippen LogP contribution in [0.25, 0.3) is 23.2 Å². The lowest BCUT2D eigenvalue weighted by Crippen LogP contribution is -2.51. The van der Waals surface area contributed by atoms with Crippen molar-refractivity contribution in [3.63, 3.8) is 0 Å². The van der Waals surface area contributed by atoms with E-state index in [9.17, 15) is 19.2 Å². The Hall–Kier alpha value is -5.86. The van der Waals surface area contributed by atoms with E-state index in [1.807, 2.05) is 37.5 Å². The summed E-state index contributed by atoms with van der Waals surface area (Å²) in [5, 5.41) is 7.49. The van der Waals surface area contributed by atoms with Crippen molar-refractivity contribution in [1.82, 2.24) is 40.4 Å². The summed E-state index contributed by atoms with van der Waals surface area (Å²) in [6.45, 7) is 8.95. The first-order chi connectivity index (χ1) is 34.3. The summed E-state index contributed by atoms with van der Waals surface area (Å²) in [6, 6.07) is 15.0. The lowest BCUT2D eigenvalue weighted by molar-refractivity contribution is -0.136. The zero-order valence-corrected chi connectivity index (χ0v) is 42.4. The number of benzene rings is 2. The molecule has 5 heterocycles. The molecule has 2 aromatic carbocycles. The number of imidazole rings is 2. The molecule has 2 unspecified atom stereocenters. The first kappa shape index (κ1) is 47.5. The number of H-pyrrole nitrogens is 2. The summed E-state index contributed by atoms with van der Waals surface area (Å²) in [6.07, 6.45) is 17.9. The topological polar surface area (TPSA) is 178 Å². The van der Waals surface area contributed by atoms with Crippen molar-refractivity contribution < 1.29 is 28.7 Å². The van der Waals surface area contributed by atoms with Crippen LogP contribution in [0.4, 0.5) is 15.3 Å². The normalized spacial score (nSPS) is 29.5. The molecule has 4 aromatic rings. The smallest absolute Gasteiger partial charge is 0.407 e. The summed E-state index contributed by atoms with van der Waals surface area (Å²) in [7, 11) is 2.63. The fourth-order valence-corrected chi connectivity index (χ4v) is 14.9. The molecule has 2 aromatic heterocycles. The molecule has 7 fully saturated rings. The molecule has 3 saturated heterocycles. The van der Waals surface area contributed by atoms with Crippen molar-refractivity contribution in [2.24, 2.45) is 35.5 Å². The number of aromatic amines is 2. The van der Waals surface area contributed by atoms with E-state index >= 15 is 0 Å². The number of aromatic nitrogens is 4. The van der Waals surface area contributed by atoms with Crippen LogP contribution in [-0.2, 0) is 24.5 Å². The molecule has 4 saturated carbocycles. The van der Waals surface area contributed by atoms with Gasteiger partial charge < -0.3 is 44.8 Å². The predicted molar refractivity (Wildman–Crippen MR) is 271 cm³/mol. The van der Waals surface area contributed by atoms with E-state index in [2.05, 4.69) is 80.1 Å². The van der Waals surface area contributed by atoms with Gasteiger partial charge in [-0.1, -0.05) is 58.0 Å². The lowest BCUT2D eigenvalue weighted by atomic mass is 9.48. The molecular weight excluding hydrogens is 895 g/mol. The fourth-order valence-electron chi connectivity index (χ4n) is 14.9. The van der Waals surface area contributed by atoms with Crippen LogP contribution in [0.2, 0.25) is 0 Å². The second-order valence-electron chi connectivity index (χ2n) is 23.0. The van der Waals surface area contributed by atoms with Crippen molar-refractivity contribution in [3.8, 4) is 0 Å². The Balaban J connectivity index is 0.891. The number of nitrogens with one attached hydrogen (secondary N) is 4. The third-order valence-electron chi connectivity index (χ3n) is 17.9. The number of carbonyl (C=O) groups excluding carboxylic acids is 4. The Morgan fingerprint density at radius 2 is 1.28 bits per heavy atom. The zero-order valence-electron chi connectivity index (χ0n) is 42.4. The number of ether oxygens (including phenoxy) is 2. The van der Waals surface area contributed by atoms with Crippen LogP contribution in [0.5, 0.6) is 0 Å². The van der Waals surface area contributed by atoms with Gasteiger partial charge in [0.2, 0.25) is 11.8 Å². The van der Waals surface area contributed by atoms with Crippen LogP contribution in [0.15, 0.2) is 42.5 Å². The van der Waals surface area contributed by atoms with E-state index in [4.69, 9.17) is 19.4 Å². The summed E-state index contributed by atoms with van der Waals surface area (Å²) < 4.78 is 9.74. The molecule has 3 aliphatic heterocycles. The van der Waals surface area contributed by atoms with Gasteiger partial charge in [0.1, 0.15) is 23.7 Å². The monoisotopic (exact) mass is 968 g/mol. The van der Waals surface area contributed by atoms with Crippen molar-refractivity contribution in [2.45, 2.75) is 153 Å². The lowest BCUT2D eigenvalue weighted by Gasteiger charge is -2.57. The van der Waals surface area contributed by atoms with Gasteiger partial charge in [-0.2, -0.15) is 0 Å². The number of anilines is 1. The maximum atomic E-state index is 14.0. The van der Waals surface area contributed by atoms with Gasteiger partial charge in [0.05, 0.1) is 54.1 Å². The molecule has 7 atom stereocenters. The molecule has 4 amide bonds. The highest BCUT2D eigenvalue weighted by Gasteiger charge is 2.52. The molecule has 0 spiro atoms. The second-order valence-corrected chi connectivity index (χ2v) is 23.0. The van der Waals surface area contributed by atoms with Crippen molar-refractivity contribution in [2.75, 3.05) is 32.2 Å². The molecule has 12 rings (SSSR count). The van der Waals surface area contributed by atoms with Crippen molar-refractivity contribution in [1.29, 1.82) is 0 Å². The Labute approximate surface area is 417 Å². The third-order valence-corrected chi connectivity index (χ3v) is 17.9. The number of alkyl carbamates (subject to hydrolysis) is 2. The fraction of sp³-hybridized carbons (Fsp3) is 0.607. The number of hydrogen-bond acceptors (Lipinski definition) is 9. The van der Waals surface area contributed by atoms with Gasteiger partial charge >= 0.3 is 12.2 Å². The number of carbonyl (C=O) groups is 4. The van der Waals surface area contributed by atoms with Gasteiger partial charge in [-0.15, -0.1) is 0 Å². The minimum atomic E-state index is -0.697. The first-order valence-electron chi connectivity index (χ1n) is 26.8. The molecule has 71 heavy (non-hydrogen) atoms. The molecule has 15 nitrogen and oxygen atoms in total. The number of fused-ring (bicyclic) bond motifs is 2. The minimum absolute atomic E-state index is 0.109. The second kappa shape index (κ2) is 19.0. The summed E-state index contributed by atoms with van der Waals surface area (Å²) in [5.41, 5.74) is 6.15. The predicted octanol–water partition coefficient (Wildman–Crippen LogP) is 7.83. The third kappa shape index (κ3) is 8.76. The van der Waals surface area contributed by atoms with E-state index in [1.54, 1.807) is 0 Å². The van der Waals surface area contributed by atoms with E-state index in [-0.39, 0.29) is 53.7 Å². The first-order valence-corrected chi connectivity index (χ1v) is 26.8. The maximum Gasteiger partial charge on any atom is 0.407 e. The maximum absolute atomic E-state index is 14.0. The van der Waals surface area contributed by atoms with Crippen LogP contribution in [0.3, 0.4) is 0 Å². The number of likely N-dealkylation sites (tertiary alicyclic amines) is 2. The van der Waals surface area contributed by atoms with Crippen molar-refractivity contribution in [3.05, 3.63) is 75.9 Å². The molecule has 0 radical (unpaired) electrons. The van der Waals surface area contributed by atoms with Gasteiger partial charge in [-0.25, -0.2) is 19.6 Å². The molecule has 5 aliphatic carbocycles. The molecule has 4 N–H and O–H groups in total. The number of nitrogens with zero attached hydrogens (tertiary/aromatic N) is 5. The van der Waals surface area contributed by atoms with Crippen LogP contribution in [-0.4, -0.2) is 99.2 Å². The van der Waals surface area contributed by atoms with E-state index in [1.165, 1.54) is 69.6 Å². The molecule has 15 heteroatoms. The van der Waals surface area contributed by atoms with E-state index in [0.717, 1.165) is 96.1 Å². The van der Waals surface area contributed by atoms with Crippen LogP contribution >= 0.6 is 0 Å². The van der Waals surface area contributed by atoms with Gasteiger partial charge in [-0.05, 0) is 154 Å². The van der Waals surface area contributed by atoms with Crippen molar-refractivity contribution >= 4 is 52.9 Å². The molecule has 8 aliphatic rings. The number of hydrogen-bond donors (Lipinski definition) is 4. The zero-order chi connectivity index (χ0) is 49.3. The number of amides is 4. The quantitative estimate of drug-likeness (QED) is 0.110. The van der Waals surface area contributed by atoms with E-state index < -0.39 is 24.3 Å². The Bertz CT molecular complexity index is 2760. The van der Waals surface area contributed by atoms with Gasteiger partial charge in [0, 0.05) is 30.7 Å². The Morgan fingerprint density at radius 1 is 0.704 bits per heavy atom. The Kier molecular flexibility index (Phi) is 12.7. The highest BCUT2D eigenvalue weighted by molar-refractivity contribution is 5.87.